The summed E-state index contributed by atoms with van der Waals surface area (Å²) in [5.74, 6) is 0. The summed E-state index contributed by atoms with van der Waals surface area (Å²) < 4.78 is 0. The number of hydrogen-bond acceptors (Lipinski definition) is 0. The fourth-order valence-electron chi connectivity index (χ4n) is 0.888. The molecule has 0 amide bonds. The fraction of sp³-hybridized carbons (Fsp3) is 0.300. The van der Waals surface area contributed by atoms with Crippen molar-refractivity contribution in [1.82, 2.24) is 0 Å². The van der Waals surface area contributed by atoms with Gasteiger partial charge in [0.25, 0.3) is 0 Å². The Bertz CT molecular complexity index is 131. The van der Waals surface area contributed by atoms with Gasteiger partial charge in [0.1, 0.15) is 0 Å². The van der Waals surface area contributed by atoms with E-state index in [1.807, 2.05) is 0 Å². The van der Waals surface area contributed by atoms with Crippen LogP contribution < -0.4 is 0 Å². The third-order valence-electron chi connectivity index (χ3n) is 1.45. The summed E-state index contributed by atoms with van der Waals surface area (Å²) >= 11 is 0. The van der Waals surface area contributed by atoms with Crippen LogP contribution in [0.4, 0.5) is 0 Å². The maximum absolute atomic E-state index is 2.31. The summed E-state index contributed by atoms with van der Waals surface area (Å²) in [5.41, 5.74) is 0. The van der Waals surface area contributed by atoms with Gasteiger partial charge in [-0.3, -0.25) is 0 Å². The maximum atomic E-state index is 2.31. The molecule has 0 bridgehead atoms. The summed E-state index contributed by atoms with van der Waals surface area (Å²) in [6.07, 6.45) is 18.5. The molecule has 1 aliphatic rings. The van der Waals surface area contributed by atoms with Crippen LogP contribution in [0.1, 0.15) is 19.3 Å². The molecule has 0 nitrogen and oxygen atoms in total. The minimum Gasteiger partial charge on any atom is -0.0845 e. The standard InChI is InChI=1S/C10H13/c1-2-4-6-8-10-9-7-5-3-1/h1-6,9H,7-8,10H2/b2-1-,5-3+,6-4-. The third kappa shape index (κ3) is 3.29. The minimum atomic E-state index is 1.11. The Kier molecular flexibility index (Phi) is 3.69. The monoisotopic (exact) mass is 133 g/mol. The topological polar surface area (TPSA) is 0 Å². The molecule has 0 aromatic carbocycles. The van der Waals surface area contributed by atoms with Crippen molar-refractivity contribution in [1.29, 1.82) is 0 Å². The average Bonchev–Trinajstić information content (AvgIpc) is 2.01. The highest BCUT2D eigenvalue weighted by Crippen LogP contribution is 2.01. The van der Waals surface area contributed by atoms with Crippen molar-refractivity contribution < 1.29 is 0 Å². The van der Waals surface area contributed by atoms with Crippen molar-refractivity contribution in [2.75, 3.05) is 0 Å². The molecule has 0 N–H and O–H groups in total. The Morgan fingerprint density at radius 3 is 2.40 bits per heavy atom. The molecule has 0 aromatic rings. The van der Waals surface area contributed by atoms with Gasteiger partial charge in [0.05, 0.1) is 0 Å². The van der Waals surface area contributed by atoms with Gasteiger partial charge in [0.2, 0.25) is 0 Å². The van der Waals surface area contributed by atoms with E-state index in [9.17, 15) is 0 Å². The van der Waals surface area contributed by atoms with E-state index in [0.29, 0.717) is 0 Å². The molecule has 1 radical (unpaired) electrons. The van der Waals surface area contributed by atoms with Gasteiger partial charge in [-0.25, -0.2) is 0 Å². The van der Waals surface area contributed by atoms with Crippen LogP contribution in [0.25, 0.3) is 0 Å². The maximum Gasteiger partial charge on any atom is -0.0316 e. The van der Waals surface area contributed by atoms with E-state index < -0.39 is 0 Å². The van der Waals surface area contributed by atoms with Gasteiger partial charge in [-0.1, -0.05) is 36.5 Å². The smallest absolute Gasteiger partial charge is 0.0316 e. The van der Waals surface area contributed by atoms with Crippen LogP contribution in [0.5, 0.6) is 0 Å². The minimum absolute atomic E-state index is 1.11. The molecule has 0 unspecified atom stereocenters. The highest BCUT2D eigenvalue weighted by atomic mass is 13.9. The molecule has 1 rings (SSSR count). The van der Waals surface area contributed by atoms with Crippen molar-refractivity contribution in [2.24, 2.45) is 0 Å². The van der Waals surface area contributed by atoms with Crippen molar-refractivity contribution in [3.63, 3.8) is 0 Å². The van der Waals surface area contributed by atoms with Gasteiger partial charge < -0.3 is 0 Å². The van der Waals surface area contributed by atoms with Crippen molar-refractivity contribution in [2.45, 2.75) is 19.3 Å². The molecular formula is C10H13. The first-order valence-corrected chi connectivity index (χ1v) is 3.80. The van der Waals surface area contributed by atoms with Crippen LogP contribution in [0.15, 0.2) is 36.5 Å². The molecule has 0 spiro atoms. The molecular weight excluding hydrogens is 120 g/mol. The summed E-state index contributed by atoms with van der Waals surface area (Å²) in [6.45, 7) is 0. The SMILES string of the molecule is [CH]1C/C=C/C=C\C=C/CC1. The van der Waals surface area contributed by atoms with Gasteiger partial charge in [-0.15, -0.1) is 0 Å². The Morgan fingerprint density at radius 2 is 1.50 bits per heavy atom. The van der Waals surface area contributed by atoms with Crippen LogP contribution in [0.3, 0.4) is 0 Å². The number of rotatable bonds is 0. The van der Waals surface area contributed by atoms with Crippen LogP contribution >= 0.6 is 0 Å². The van der Waals surface area contributed by atoms with E-state index in [0.717, 1.165) is 6.42 Å². The molecule has 0 atom stereocenters. The van der Waals surface area contributed by atoms with Gasteiger partial charge in [-0.05, 0) is 25.7 Å². The van der Waals surface area contributed by atoms with E-state index in [2.05, 4.69) is 42.9 Å². The van der Waals surface area contributed by atoms with Crippen LogP contribution in [-0.2, 0) is 0 Å². The zero-order valence-corrected chi connectivity index (χ0v) is 6.16. The third-order valence-corrected chi connectivity index (χ3v) is 1.45. The lowest BCUT2D eigenvalue weighted by Crippen LogP contribution is -1.74. The van der Waals surface area contributed by atoms with E-state index in [1.54, 1.807) is 0 Å². The number of hydrogen-bond donors (Lipinski definition) is 0. The lowest BCUT2D eigenvalue weighted by Gasteiger charge is -1.92. The molecule has 0 heteroatoms. The van der Waals surface area contributed by atoms with Gasteiger partial charge in [0, 0.05) is 0 Å². The highest BCUT2D eigenvalue weighted by molar-refractivity contribution is 5.12. The Hall–Kier alpha value is -0.780. The summed E-state index contributed by atoms with van der Waals surface area (Å²) in [4.78, 5) is 0. The van der Waals surface area contributed by atoms with Crippen molar-refractivity contribution in [3.8, 4) is 0 Å². The second-order valence-electron chi connectivity index (χ2n) is 2.34. The van der Waals surface area contributed by atoms with E-state index >= 15 is 0 Å². The predicted octanol–water partition coefficient (Wildman–Crippen LogP) is 3.04. The molecule has 53 valence electrons. The first-order chi connectivity index (χ1) is 5.00. The second kappa shape index (κ2) is 5.04. The van der Waals surface area contributed by atoms with E-state index in [1.165, 1.54) is 12.8 Å². The van der Waals surface area contributed by atoms with Gasteiger partial charge >= 0.3 is 0 Å². The van der Waals surface area contributed by atoms with Crippen LogP contribution in [0, 0.1) is 6.42 Å². The van der Waals surface area contributed by atoms with Crippen molar-refractivity contribution >= 4 is 0 Å². The summed E-state index contributed by atoms with van der Waals surface area (Å²) in [6, 6.07) is 0. The predicted molar refractivity (Wildman–Crippen MR) is 45.6 cm³/mol. The highest BCUT2D eigenvalue weighted by Gasteiger charge is 1.83. The number of allylic oxidation sites excluding steroid dienone is 6. The summed E-state index contributed by atoms with van der Waals surface area (Å²) in [5, 5.41) is 0. The molecule has 0 heterocycles. The first-order valence-electron chi connectivity index (χ1n) is 3.80. The Labute approximate surface area is 62.9 Å². The first kappa shape index (κ1) is 7.33. The zero-order valence-electron chi connectivity index (χ0n) is 6.16. The quantitative estimate of drug-likeness (QED) is 0.476. The lowest BCUT2D eigenvalue weighted by molar-refractivity contribution is 0.933. The van der Waals surface area contributed by atoms with E-state index in [-0.39, 0.29) is 0 Å². The average molecular weight is 133 g/mol. The van der Waals surface area contributed by atoms with Crippen molar-refractivity contribution in [3.05, 3.63) is 42.9 Å². The normalized spacial score (nSPS) is 28.8. The molecule has 0 saturated heterocycles. The molecule has 1 aliphatic carbocycles. The Morgan fingerprint density at radius 1 is 0.700 bits per heavy atom. The molecule has 0 aromatic heterocycles. The molecule has 0 saturated carbocycles. The lowest BCUT2D eigenvalue weighted by atomic mass is 10.1. The largest absolute Gasteiger partial charge is 0.0845 e. The zero-order chi connectivity index (χ0) is 7.07. The van der Waals surface area contributed by atoms with E-state index in [4.69, 9.17) is 0 Å². The molecule has 10 heavy (non-hydrogen) atoms. The second-order valence-corrected chi connectivity index (χ2v) is 2.34. The van der Waals surface area contributed by atoms with Gasteiger partial charge in [-0.2, -0.15) is 0 Å². The van der Waals surface area contributed by atoms with Crippen LogP contribution in [0.2, 0.25) is 0 Å². The van der Waals surface area contributed by atoms with Crippen LogP contribution in [-0.4, -0.2) is 0 Å². The fourth-order valence-corrected chi connectivity index (χ4v) is 0.888. The molecule has 0 aliphatic heterocycles. The van der Waals surface area contributed by atoms with Gasteiger partial charge in [0.15, 0.2) is 0 Å². The Balaban J connectivity index is 2.40. The summed E-state index contributed by atoms with van der Waals surface area (Å²) in [7, 11) is 0. The molecule has 0 fully saturated rings.